The predicted octanol–water partition coefficient (Wildman–Crippen LogP) is 1.65. The van der Waals surface area contributed by atoms with E-state index < -0.39 is 24.1 Å². The minimum absolute atomic E-state index is 1.26. The molecule has 86 valence electrons. The Morgan fingerprint density at radius 3 is 0.929 bits per heavy atom. The van der Waals surface area contributed by atoms with E-state index in [1.165, 1.54) is 5.73 Å². The number of halogens is 9. The number of alkyl halides is 9. The SMILES string of the molecule is [NH3+]C(F)(F)C(F)(F)C(F)(F)C(F)(F)F. The van der Waals surface area contributed by atoms with Crippen LogP contribution in [0.3, 0.4) is 0 Å². The fourth-order valence-electron chi connectivity index (χ4n) is 0.408. The first-order valence-electron chi connectivity index (χ1n) is 2.80. The number of quaternary nitrogens is 1. The summed E-state index contributed by atoms with van der Waals surface area (Å²) < 4.78 is 105. The van der Waals surface area contributed by atoms with Gasteiger partial charge in [0.25, 0.3) is 0 Å². The van der Waals surface area contributed by atoms with E-state index in [-0.39, 0.29) is 0 Å². The molecule has 0 aliphatic carbocycles. The largest absolute Gasteiger partial charge is 0.460 e. The molecule has 0 aromatic rings. The number of hydrogen-bond acceptors (Lipinski definition) is 0. The Hall–Kier alpha value is -0.670. The molecule has 0 spiro atoms. The van der Waals surface area contributed by atoms with Gasteiger partial charge in [-0.2, -0.15) is 30.7 Å². The molecule has 0 aromatic heterocycles. The molecule has 10 heteroatoms. The molecule has 0 atom stereocenters. The van der Waals surface area contributed by atoms with Crippen LogP contribution in [-0.4, -0.2) is 24.1 Å². The van der Waals surface area contributed by atoms with Gasteiger partial charge in [-0.15, -0.1) is 8.78 Å². The first-order valence-corrected chi connectivity index (χ1v) is 2.80. The summed E-state index contributed by atoms with van der Waals surface area (Å²) in [5.41, 5.74) is 1.26. The van der Waals surface area contributed by atoms with Crippen LogP contribution in [0, 0.1) is 0 Å². The molecular formula is C4H3F9N+. The summed E-state index contributed by atoms with van der Waals surface area (Å²) in [6.07, 6.45) is -6.77. The second-order valence-corrected chi connectivity index (χ2v) is 2.35. The smallest absolute Gasteiger partial charge is 0.291 e. The van der Waals surface area contributed by atoms with Gasteiger partial charge in [-0.25, -0.2) is 0 Å². The van der Waals surface area contributed by atoms with Crippen LogP contribution in [0.4, 0.5) is 39.5 Å². The standard InChI is InChI=1S/C4H2F9N/c5-1(6,3(9,10)11)2(7,8)4(12,13)14/h14H2/p+1. The van der Waals surface area contributed by atoms with Gasteiger partial charge in [-0.1, -0.05) is 0 Å². The Bertz CT molecular complexity index is 186. The van der Waals surface area contributed by atoms with Crippen molar-refractivity contribution in [2.75, 3.05) is 0 Å². The second-order valence-electron chi connectivity index (χ2n) is 2.35. The van der Waals surface area contributed by atoms with Gasteiger partial charge < -0.3 is 0 Å². The van der Waals surface area contributed by atoms with Gasteiger partial charge in [-0.05, 0) is 0 Å². The lowest BCUT2D eigenvalue weighted by Crippen LogP contribution is -2.80. The van der Waals surface area contributed by atoms with Crippen LogP contribution >= 0.6 is 0 Å². The van der Waals surface area contributed by atoms with Crippen molar-refractivity contribution in [1.82, 2.24) is 0 Å². The molecule has 3 N–H and O–H groups in total. The van der Waals surface area contributed by atoms with Crippen molar-refractivity contribution in [2.45, 2.75) is 24.1 Å². The highest BCUT2D eigenvalue weighted by Gasteiger charge is 2.83. The Labute approximate surface area is 70.7 Å². The van der Waals surface area contributed by atoms with Crippen molar-refractivity contribution in [1.29, 1.82) is 0 Å². The Morgan fingerprint density at radius 2 is 0.857 bits per heavy atom. The quantitative estimate of drug-likeness (QED) is 0.557. The predicted molar refractivity (Wildman–Crippen MR) is 23.8 cm³/mol. The van der Waals surface area contributed by atoms with Gasteiger partial charge in [-0.3, -0.25) is 5.73 Å². The molecule has 0 heterocycles. The van der Waals surface area contributed by atoms with Crippen LogP contribution in [-0.2, 0) is 0 Å². The molecule has 0 aliphatic heterocycles. The van der Waals surface area contributed by atoms with Gasteiger partial charge in [0, 0.05) is 0 Å². The maximum Gasteiger partial charge on any atom is 0.460 e. The van der Waals surface area contributed by atoms with Gasteiger partial charge in [0.1, 0.15) is 0 Å². The van der Waals surface area contributed by atoms with E-state index in [0.29, 0.717) is 0 Å². The summed E-state index contributed by atoms with van der Waals surface area (Å²) in [6.45, 7) is 0. The van der Waals surface area contributed by atoms with E-state index in [4.69, 9.17) is 0 Å². The third kappa shape index (κ3) is 1.74. The van der Waals surface area contributed by atoms with E-state index in [0.717, 1.165) is 0 Å². The zero-order valence-electron chi connectivity index (χ0n) is 6.11. The van der Waals surface area contributed by atoms with Crippen molar-refractivity contribution in [3.63, 3.8) is 0 Å². The van der Waals surface area contributed by atoms with E-state index >= 15 is 0 Å². The van der Waals surface area contributed by atoms with Crippen molar-refractivity contribution < 1.29 is 45.2 Å². The summed E-state index contributed by atoms with van der Waals surface area (Å²) >= 11 is 0. The molecular weight excluding hydrogens is 233 g/mol. The van der Waals surface area contributed by atoms with Gasteiger partial charge in [0.15, 0.2) is 0 Å². The molecule has 0 aliphatic rings. The summed E-state index contributed by atoms with van der Waals surface area (Å²) in [5, 5.41) is 0. The Morgan fingerprint density at radius 1 is 0.571 bits per heavy atom. The summed E-state index contributed by atoms with van der Waals surface area (Å²) in [4.78, 5) is 0. The monoisotopic (exact) mass is 236 g/mol. The molecule has 0 saturated carbocycles. The highest BCUT2D eigenvalue weighted by Crippen LogP contribution is 2.50. The molecule has 0 aromatic carbocycles. The van der Waals surface area contributed by atoms with Crippen LogP contribution in [0.15, 0.2) is 0 Å². The van der Waals surface area contributed by atoms with Gasteiger partial charge >= 0.3 is 24.1 Å². The van der Waals surface area contributed by atoms with E-state index in [2.05, 4.69) is 0 Å². The van der Waals surface area contributed by atoms with Crippen LogP contribution < -0.4 is 5.73 Å². The molecule has 0 radical (unpaired) electrons. The maximum atomic E-state index is 11.9. The fourth-order valence-corrected chi connectivity index (χ4v) is 0.408. The van der Waals surface area contributed by atoms with Crippen molar-refractivity contribution in [2.24, 2.45) is 0 Å². The normalized spacial score (nSPS) is 15.9. The van der Waals surface area contributed by atoms with Crippen LogP contribution in [0.5, 0.6) is 0 Å². The Balaban J connectivity index is 5.30. The lowest BCUT2D eigenvalue weighted by atomic mass is 10.1. The third-order valence-corrected chi connectivity index (χ3v) is 1.21. The molecule has 0 amide bonds. The average molecular weight is 236 g/mol. The lowest BCUT2D eigenvalue weighted by molar-refractivity contribution is -0.630. The molecule has 0 saturated heterocycles. The summed E-state index contributed by atoms with van der Waals surface area (Å²) in [5.74, 6) is -13.4. The first-order chi connectivity index (χ1) is 5.75. The fraction of sp³-hybridized carbons (Fsp3) is 1.00. The summed E-state index contributed by atoms with van der Waals surface area (Å²) in [6, 6.07) is -5.72. The maximum absolute atomic E-state index is 11.9. The van der Waals surface area contributed by atoms with Crippen LogP contribution in [0.25, 0.3) is 0 Å². The van der Waals surface area contributed by atoms with Crippen molar-refractivity contribution in [3.05, 3.63) is 0 Å². The molecule has 0 rings (SSSR count). The number of rotatable bonds is 2. The van der Waals surface area contributed by atoms with Gasteiger partial charge in [0.05, 0.1) is 0 Å². The molecule has 0 unspecified atom stereocenters. The van der Waals surface area contributed by atoms with Crippen LogP contribution in [0.1, 0.15) is 0 Å². The van der Waals surface area contributed by atoms with E-state index in [1.54, 1.807) is 0 Å². The zero-order valence-corrected chi connectivity index (χ0v) is 6.11. The molecule has 1 nitrogen and oxygen atoms in total. The lowest BCUT2D eigenvalue weighted by Gasteiger charge is -2.28. The highest BCUT2D eigenvalue weighted by molar-refractivity contribution is 4.95. The topological polar surface area (TPSA) is 27.6 Å². The zero-order chi connectivity index (χ0) is 12.0. The van der Waals surface area contributed by atoms with Crippen molar-refractivity contribution in [3.8, 4) is 0 Å². The highest BCUT2D eigenvalue weighted by atomic mass is 19.4. The minimum Gasteiger partial charge on any atom is -0.291 e. The van der Waals surface area contributed by atoms with E-state index in [9.17, 15) is 39.5 Å². The first kappa shape index (κ1) is 13.3. The summed E-state index contributed by atoms with van der Waals surface area (Å²) in [7, 11) is 0. The van der Waals surface area contributed by atoms with Crippen molar-refractivity contribution >= 4 is 0 Å². The number of hydrogen-bond donors (Lipinski definition) is 1. The molecule has 0 bridgehead atoms. The third-order valence-electron chi connectivity index (χ3n) is 1.21. The van der Waals surface area contributed by atoms with Gasteiger partial charge in [0.2, 0.25) is 0 Å². The Kier molecular flexibility index (Phi) is 2.77. The van der Waals surface area contributed by atoms with E-state index in [1.807, 2.05) is 0 Å². The van der Waals surface area contributed by atoms with Crippen LogP contribution in [0.2, 0.25) is 0 Å². The molecule has 0 fully saturated rings. The average Bonchev–Trinajstić information content (AvgIpc) is 1.81. The molecule has 14 heavy (non-hydrogen) atoms. The second kappa shape index (κ2) is 2.91. The minimum atomic E-state index is -6.83.